The van der Waals surface area contributed by atoms with Crippen LogP contribution < -0.4 is 10.2 Å². The van der Waals surface area contributed by atoms with Crippen LogP contribution in [0.1, 0.15) is 29.9 Å². The van der Waals surface area contributed by atoms with E-state index in [9.17, 15) is 4.79 Å². The summed E-state index contributed by atoms with van der Waals surface area (Å²) >= 11 is 0. The fourth-order valence-electron chi connectivity index (χ4n) is 3.38. The van der Waals surface area contributed by atoms with E-state index < -0.39 is 0 Å². The number of aryl methyl sites for hydroxylation is 1. The van der Waals surface area contributed by atoms with E-state index in [1.165, 1.54) is 5.69 Å². The average molecular weight is 418 g/mol. The molecule has 0 unspecified atom stereocenters. The van der Waals surface area contributed by atoms with Crippen molar-refractivity contribution in [1.29, 1.82) is 0 Å². The molecule has 1 aliphatic rings. The van der Waals surface area contributed by atoms with Crippen molar-refractivity contribution < 1.29 is 4.79 Å². The van der Waals surface area contributed by atoms with Crippen LogP contribution in [-0.4, -0.2) is 54.0 Å². The summed E-state index contributed by atoms with van der Waals surface area (Å²) in [6.45, 7) is 10.1. The molecule has 6 nitrogen and oxygen atoms in total. The van der Waals surface area contributed by atoms with E-state index in [4.69, 9.17) is 0 Å². The molecule has 1 N–H and O–H groups in total. The van der Waals surface area contributed by atoms with Gasteiger partial charge >= 0.3 is 0 Å². The second-order valence-corrected chi connectivity index (χ2v) is 7.42. The van der Waals surface area contributed by atoms with Gasteiger partial charge in [-0.05, 0) is 55.9 Å². The zero-order chi connectivity index (χ0) is 22.2. The number of rotatable bonds is 4. The molecule has 3 heterocycles. The molecule has 4 rings (SSSR count). The van der Waals surface area contributed by atoms with Crippen LogP contribution in [0.3, 0.4) is 0 Å². The number of hydrogen-bond donors (Lipinski definition) is 1. The third kappa shape index (κ3) is 5.89. The number of aromatic nitrogens is 2. The lowest BCUT2D eigenvalue weighted by Gasteiger charge is -2.34. The summed E-state index contributed by atoms with van der Waals surface area (Å²) < 4.78 is 0. The van der Waals surface area contributed by atoms with Crippen molar-refractivity contribution in [3.05, 3.63) is 72.2 Å². The summed E-state index contributed by atoms with van der Waals surface area (Å²) in [6, 6.07) is 15.9. The minimum Gasteiger partial charge on any atom is -0.369 e. The van der Waals surface area contributed by atoms with Gasteiger partial charge in [0.1, 0.15) is 5.82 Å². The number of pyridine rings is 2. The zero-order valence-electron chi connectivity index (χ0n) is 18.8. The maximum absolute atomic E-state index is 12.3. The molecule has 0 bridgehead atoms. The van der Waals surface area contributed by atoms with E-state index in [2.05, 4.69) is 56.4 Å². The molecule has 162 valence electrons. The van der Waals surface area contributed by atoms with E-state index in [0.29, 0.717) is 11.4 Å². The number of nitrogens with zero attached hydrogens (tertiary/aromatic N) is 4. The number of likely N-dealkylation sites (N-methyl/N-ethyl adjacent to an activating group) is 1. The highest BCUT2D eigenvalue weighted by molar-refractivity contribution is 6.03. The van der Waals surface area contributed by atoms with E-state index >= 15 is 0 Å². The molecule has 1 aromatic carbocycles. The van der Waals surface area contributed by atoms with Crippen LogP contribution >= 0.6 is 0 Å². The number of carbonyl (C=O) groups excluding carboxylic acids is 1. The van der Waals surface area contributed by atoms with Gasteiger partial charge in [0.15, 0.2) is 0 Å². The van der Waals surface area contributed by atoms with Gasteiger partial charge < -0.3 is 15.1 Å². The van der Waals surface area contributed by atoms with Crippen molar-refractivity contribution in [1.82, 2.24) is 14.9 Å². The molecule has 1 aliphatic heterocycles. The Labute approximate surface area is 185 Å². The van der Waals surface area contributed by atoms with Gasteiger partial charge in [-0.1, -0.05) is 26.0 Å². The molecule has 0 radical (unpaired) electrons. The molecule has 0 spiro atoms. The van der Waals surface area contributed by atoms with Crippen molar-refractivity contribution in [2.24, 2.45) is 0 Å². The summed E-state index contributed by atoms with van der Waals surface area (Å²) in [5.74, 6) is 0.310. The number of hydrogen-bond acceptors (Lipinski definition) is 5. The van der Waals surface area contributed by atoms with Gasteiger partial charge in [0.2, 0.25) is 0 Å². The van der Waals surface area contributed by atoms with Crippen molar-refractivity contribution in [2.45, 2.75) is 20.8 Å². The van der Waals surface area contributed by atoms with Crippen LogP contribution in [0, 0.1) is 6.92 Å². The lowest BCUT2D eigenvalue weighted by atomic mass is 10.1. The highest BCUT2D eigenvalue weighted by atomic mass is 16.1. The van der Waals surface area contributed by atoms with Gasteiger partial charge in [-0.3, -0.25) is 9.78 Å². The highest BCUT2D eigenvalue weighted by Gasteiger charge is 2.14. The molecular formula is C25H31N5O. The Bertz CT molecular complexity index is 978. The van der Waals surface area contributed by atoms with Crippen LogP contribution in [-0.2, 0) is 0 Å². The second kappa shape index (κ2) is 10.7. The maximum atomic E-state index is 12.3. The van der Waals surface area contributed by atoms with Gasteiger partial charge in [-0.25, -0.2) is 4.98 Å². The first-order valence-corrected chi connectivity index (χ1v) is 10.8. The third-order valence-electron chi connectivity index (χ3n) is 5.23. The Morgan fingerprint density at radius 2 is 1.68 bits per heavy atom. The minimum absolute atomic E-state index is 0.213. The SMILES string of the molecule is CC.Cc1ccc(C(=O)Nc2ccc(-c3cccc(N4CCN(C)CC4)c3)cn2)cn1. The van der Waals surface area contributed by atoms with Crippen molar-refractivity contribution in [2.75, 3.05) is 43.4 Å². The first-order valence-electron chi connectivity index (χ1n) is 10.8. The predicted octanol–water partition coefficient (Wildman–Crippen LogP) is 4.48. The minimum atomic E-state index is -0.213. The highest BCUT2D eigenvalue weighted by Crippen LogP contribution is 2.25. The standard InChI is InChI=1S/C23H25N5O.C2H6/c1-17-6-7-20(16-24-17)23(29)26-22-9-8-19(15-25-22)18-4-3-5-21(14-18)28-12-10-27(2)11-13-28;1-2/h3-9,14-16H,10-13H2,1-2H3,(H,25,26,29);1-2H3. The number of piperazine rings is 1. The first kappa shape index (κ1) is 22.4. The lowest BCUT2D eigenvalue weighted by molar-refractivity contribution is 0.102. The molecular weight excluding hydrogens is 386 g/mol. The average Bonchev–Trinajstić information content (AvgIpc) is 2.82. The Kier molecular flexibility index (Phi) is 7.73. The fourth-order valence-corrected chi connectivity index (χ4v) is 3.38. The van der Waals surface area contributed by atoms with Gasteiger partial charge in [0.05, 0.1) is 5.56 Å². The zero-order valence-corrected chi connectivity index (χ0v) is 18.8. The Hall–Kier alpha value is -3.25. The van der Waals surface area contributed by atoms with E-state index in [0.717, 1.165) is 43.0 Å². The maximum Gasteiger partial charge on any atom is 0.258 e. The van der Waals surface area contributed by atoms with Gasteiger partial charge in [-0.2, -0.15) is 0 Å². The van der Waals surface area contributed by atoms with Crippen LogP contribution in [0.5, 0.6) is 0 Å². The Morgan fingerprint density at radius 3 is 2.32 bits per heavy atom. The summed E-state index contributed by atoms with van der Waals surface area (Å²) in [7, 11) is 2.16. The lowest BCUT2D eigenvalue weighted by Crippen LogP contribution is -2.44. The molecule has 31 heavy (non-hydrogen) atoms. The van der Waals surface area contributed by atoms with E-state index in [-0.39, 0.29) is 5.91 Å². The predicted molar refractivity (Wildman–Crippen MR) is 128 cm³/mol. The topological polar surface area (TPSA) is 61.4 Å². The molecule has 1 amide bonds. The molecule has 2 aromatic heterocycles. The molecule has 1 fully saturated rings. The van der Waals surface area contributed by atoms with Gasteiger partial charge in [-0.15, -0.1) is 0 Å². The smallest absolute Gasteiger partial charge is 0.258 e. The molecule has 1 saturated heterocycles. The molecule has 0 saturated carbocycles. The summed E-state index contributed by atoms with van der Waals surface area (Å²) in [5.41, 5.74) is 4.77. The van der Waals surface area contributed by atoms with Crippen LogP contribution in [0.2, 0.25) is 0 Å². The molecule has 6 heteroatoms. The molecule has 3 aromatic rings. The number of amides is 1. The normalized spacial score (nSPS) is 13.9. The Morgan fingerprint density at radius 1 is 0.903 bits per heavy atom. The first-order chi connectivity index (χ1) is 15.1. The van der Waals surface area contributed by atoms with Crippen molar-refractivity contribution in [3.63, 3.8) is 0 Å². The van der Waals surface area contributed by atoms with Crippen LogP contribution in [0.4, 0.5) is 11.5 Å². The van der Waals surface area contributed by atoms with Crippen LogP contribution in [0.15, 0.2) is 60.9 Å². The van der Waals surface area contributed by atoms with E-state index in [1.54, 1.807) is 18.5 Å². The number of benzene rings is 1. The second-order valence-electron chi connectivity index (χ2n) is 7.42. The summed E-state index contributed by atoms with van der Waals surface area (Å²) in [6.07, 6.45) is 3.37. The molecule has 0 aliphatic carbocycles. The van der Waals surface area contributed by atoms with Crippen molar-refractivity contribution in [3.8, 4) is 11.1 Å². The monoisotopic (exact) mass is 417 g/mol. The number of anilines is 2. The van der Waals surface area contributed by atoms with E-state index in [1.807, 2.05) is 39.0 Å². The Balaban J connectivity index is 0.00000132. The number of nitrogens with one attached hydrogen (secondary N) is 1. The third-order valence-corrected chi connectivity index (χ3v) is 5.23. The number of carbonyl (C=O) groups is 1. The van der Waals surface area contributed by atoms with Crippen molar-refractivity contribution >= 4 is 17.4 Å². The fraction of sp³-hybridized carbons (Fsp3) is 0.320. The quantitative estimate of drug-likeness (QED) is 0.678. The summed E-state index contributed by atoms with van der Waals surface area (Å²) in [5, 5.41) is 2.82. The summed E-state index contributed by atoms with van der Waals surface area (Å²) in [4.78, 5) is 25.7. The van der Waals surface area contributed by atoms with Gasteiger partial charge in [0, 0.05) is 55.5 Å². The largest absolute Gasteiger partial charge is 0.369 e. The van der Waals surface area contributed by atoms with Gasteiger partial charge in [0.25, 0.3) is 5.91 Å². The molecule has 0 atom stereocenters. The van der Waals surface area contributed by atoms with Crippen LogP contribution in [0.25, 0.3) is 11.1 Å².